The van der Waals surface area contributed by atoms with Gasteiger partial charge in [0.05, 0.1) is 23.7 Å². The number of alkyl halides is 3. The molecule has 0 spiro atoms. The number of rotatable bonds is 11. The molecule has 0 aliphatic heterocycles. The van der Waals surface area contributed by atoms with Gasteiger partial charge in [-0.25, -0.2) is 9.78 Å². The highest BCUT2D eigenvalue weighted by molar-refractivity contribution is 6.06. The Kier molecular flexibility index (Phi) is 8.93. The summed E-state index contributed by atoms with van der Waals surface area (Å²) in [6.45, 7) is 0.181. The average molecular weight is 571 g/mol. The monoisotopic (exact) mass is 570 g/mol. The first kappa shape index (κ1) is 29.2. The summed E-state index contributed by atoms with van der Waals surface area (Å²) in [7, 11) is 1.49. The van der Waals surface area contributed by atoms with E-state index in [4.69, 9.17) is 9.47 Å². The number of carbonyl (C=O) groups excluding carboxylic acids is 1. The van der Waals surface area contributed by atoms with Gasteiger partial charge in [-0.1, -0.05) is 18.2 Å². The van der Waals surface area contributed by atoms with Crippen LogP contribution >= 0.6 is 0 Å². The molecule has 0 fully saturated rings. The van der Waals surface area contributed by atoms with E-state index in [9.17, 15) is 33.0 Å². The maximum atomic E-state index is 13.1. The smallest absolute Gasteiger partial charge is 0.508 e. The van der Waals surface area contributed by atoms with E-state index in [1.54, 1.807) is 30.3 Å². The molecule has 0 bridgehead atoms. The lowest BCUT2D eigenvalue weighted by molar-refractivity contribution is -0.274. The van der Waals surface area contributed by atoms with Crippen molar-refractivity contribution in [1.29, 1.82) is 0 Å². The molecule has 9 nitrogen and oxygen atoms in total. The van der Waals surface area contributed by atoms with Gasteiger partial charge in [0.1, 0.15) is 29.5 Å². The number of methoxy groups -OCH3 is 1. The number of carboxylic acid groups (broad SMARTS) is 1. The van der Waals surface area contributed by atoms with Crippen molar-refractivity contribution in [3.8, 4) is 17.2 Å². The molecule has 3 N–H and O–H groups in total. The number of nitrogens with zero attached hydrogens (tertiary/aromatic N) is 1. The van der Waals surface area contributed by atoms with Crippen molar-refractivity contribution in [2.24, 2.45) is 0 Å². The largest absolute Gasteiger partial charge is 0.573 e. The summed E-state index contributed by atoms with van der Waals surface area (Å²) in [5.74, 6) is -1.84. The van der Waals surface area contributed by atoms with Crippen LogP contribution < -0.4 is 14.8 Å². The predicted molar refractivity (Wildman–Crippen MR) is 141 cm³/mol. The standard InChI is InChI=1S/C29H25F3N2O7/c1-39-16-19(12-17-2-5-20(35)6-3-17)33-27(36)26-14-24(28(37)38)23-13-18(4-11-25(23)34-26)15-40-21-7-9-22(10-8-21)41-29(30,31)32/h2-11,13-14,19,35H,12,15-16H2,1H3,(H,33,36)(H,37,38)/t19-/m1/s1. The third-order valence-electron chi connectivity index (χ3n) is 5.92. The van der Waals surface area contributed by atoms with Crippen LogP contribution in [0.1, 0.15) is 32.0 Å². The summed E-state index contributed by atoms with van der Waals surface area (Å²) in [5.41, 5.74) is 1.46. The first-order valence-corrected chi connectivity index (χ1v) is 12.2. The van der Waals surface area contributed by atoms with E-state index >= 15 is 0 Å². The fourth-order valence-electron chi connectivity index (χ4n) is 4.09. The number of aromatic hydroxyl groups is 1. The van der Waals surface area contributed by atoms with Crippen LogP contribution in [0.25, 0.3) is 10.9 Å². The number of ether oxygens (including phenoxy) is 3. The molecule has 0 saturated heterocycles. The maximum Gasteiger partial charge on any atom is 0.573 e. The molecule has 12 heteroatoms. The van der Waals surface area contributed by atoms with Gasteiger partial charge >= 0.3 is 12.3 Å². The lowest BCUT2D eigenvalue weighted by Crippen LogP contribution is -2.40. The molecule has 1 aromatic heterocycles. The molecular formula is C29H25F3N2O7. The van der Waals surface area contributed by atoms with Crippen molar-refractivity contribution < 1.29 is 47.2 Å². The molecule has 0 saturated carbocycles. The predicted octanol–water partition coefficient (Wildman–Crippen LogP) is 5.10. The van der Waals surface area contributed by atoms with Gasteiger partial charge in [-0.3, -0.25) is 4.79 Å². The van der Waals surface area contributed by atoms with E-state index in [-0.39, 0.29) is 52.6 Å². The molecule has 0 unspecified atom stereocenters. The number of aromatic carboxylic acids is 1. The number of hydrogen-bond acceptors (Lipinski definition) is 7. The van der Waals surface area contributed by atoms with Gasteiger partial charge in [-0.15, -0.1) is 13.2 Å². The zero-order valence-corrected chi connectivity index (χ0v) is 21.6. The van der Waals surface area contributed by atoms with Crippen LogP contribution in [0.2, 0.25) is 0 Å². The number of carbonyl (C=O) groups is 2. The van der Waals surface area contributed by atoms with Crippen molar-refractivity contribution in [3.05, 3.63) is 95.2 Å². The zero-order chi connectivity index (χ0) is 29.6. The third kappa shape index (κ3) is 8.08. The topological polar surface area (TPSA) is 127 Å². The molecule has 1 amide bonds. The molecule has 1 heterocycles. The quantitative estimate of drug-likeness (QED) is 0.227. The van der Waals surface area contributed by atoms with Gasteiger partial charge < -0.3 is 29.7 Å². The second-order valence-corrected chi connectivity index (χ2v) is 9.02. The Hall–Kier alpha value is -4.84. The van der Waals surface area contributed by atoms with Crippen molar-refractivity contribution in [1.82, 2.24) is 10.3 Å². The van der Waals surface area contributed by atoms with Crippen molar-refractivity contribution in [3.63, 3.8) is 0 Å². The summed E-state index contributed by atoms with van der Waals surface area (Å²) < 4.78 is 51.7. The zero-order valence-electron chi connectivity index (χ0n) is 21.6. The number of benzene rings is 3. The molecule has 214 valence electrons. The van der Waals surface area contributed by atoms with E-state index in [2.05, 4.69) is 15.0 Å². The Morgan fingerprint density at radius 1 is 0.951 bits per heavy atom. The Bertz CT molecular complexity index is 1520. The number of nitrogens with one attached hydrogen (secondary N) is 1. The number of phenols is 1. The molecular weight excluding hydrogens is 545 g/mol. The van der Waals surface area contributed by atoms with Crippen LogP contribution in [0.4, 0.5) is 13.2 Å². The number of carboxylic acids is 1. The molecule has 4 rings (SSSR count). The van der Waals surface area contributed by atoms with Crippen LogP contribution in [0, 0.1) is 0 Å². The van der Waals surface area contributed by atoms with Crippen molar-refractivity contribution in [2.75, 3.05) is 13.7 Å². The second-order valence-electron chi connectivity index (χ2n) is 9.02. The van der Waals surface area contributed by atoms with Crippen LogP contribution in [-0.4, -0.2) is 53.2 Å². The van der Waals surface area contributed by atoms with Crippen LogP contribution in [-0.2, 0) is 17.8 Å². The van der Waals surface area contributed by atoms with Crippen LogP contribution in [0.5, 0.6) is 17.2 Å². The summed E-state index contributed by atoms with van der Waals surface area (Å²) in [6, 6.07) is 16.9. The molecule has 41 heavy (non-hydrogen) atoms. The Balaban J connectivity index is 1.50. The summed E-state index contributed by atoms with van der Waals surface area (Å²) in [4.78, 5) is 29.5. The molecule has 0 radical (unpaired) electrons. The van der Waals surface area contributed by atoms with E-state index < -0.39 is 24.3 Å². The highest BCUT2D eigenvalue weighted by Crippen LogP contribution is 2.26. The molecule has 3 aromatic carbocycles. The summed E-state index contributed by atoms with van der Waals surface area (Å²) in [5, 5.41) is 22.4. The van der Waals surface area contributed by atoms with Crippen molar-refractivity contribution in [2.45, 2.75) is 25.4 Å². The molecule has 1 atom stereocenters. The van der Waals surface area contributed by atoms with Gasteiger partial charge in [0.2, 0.25) is 0 Å². The van der Waals surface area contributed by atoms with Gasteiger partial charge in [-0.2, -0.15) is 0 Å². The minimum Gasteiger partial charge on any atom is -0.508 e. The van der Waals surface area contributed by atoms with Crippen LogP contribution in [0.3, 0.4) is 0 Å². The van der Waals surface area contributed by atoms with Gasteiger partial charge in [0, 0.05) is 12.5 Å². The molecule has 0 aliphatic carbocycles. The molecule has 0 aliphatic rings. The Morgan fingerprint density at radius 2 is 1.61 bits per heavy atom. The highest BCUT2D eigenvalue weighted by atomic mass is 19.4. The lowest BCUT2D eigenvalue weighted by Gasteiger charge is -2.18. The fraction of sp³-hybridized carbons (Fsp3) is 0.207. The Labute approximate surface area is 232 Å². The first-order valence-electron chi connectivity index (χ1n) is 12.2. The number of halogens is 3. The van der Waals surface area contributed by atoms with Crippen molar-refractivity contribution >= 4 is 22.8 Å². The van der Waals surface area contributed by atoms with E-state index in [1.165, 1.54) is 37.4 Å². The normalized spacial score (nSPS) is 12.1. The lowest BCUT2D eigenvalue weighted by atomic mass is 10.0. The van der Waals surface area contributed by atoms with Gasteiger partial charge in [-0.05, 0) is 72.1 Å². The maximum absolute atomic E-state index is 13.1. The van der Waals surface area contributed by atoms with Gasteiger partial charge in [0.25, 0.3) is 5.91 Å². The van der Waals surface area contributed by atoms with E-state index in [0.717, 1.165) is 17.7 Å². The van der Waals surface area contributed by atoms with Crippen LogP contribution in [0.15, 0.2) is 72.8 Å². The van der Waals surface area contributed by atoms with Gasteiger partial charge in [0.15, 0.2) is 0 Å². The third-order valence-corrected chi connectivity index (χ3v) is 5.92. The average Bonchev–Trinajstić information content (AvgIpc) is 2.92. The molecule has 4 aromatic rings. The summed E-state index contributed by atoms with van der Waals surface area (Å²) >= 11 is 0. The second kappa shape index (κ2) is 12.6. The first-order chi connectivity index (χ1) is 19.5. The number of amides is 1. The number of fused-ring (bicyclic) bond motifs is 1. The SMILES string of the molecule is COC[C@@H](Cc1ccc(O)cc1)NC(=O)c1cc(C(=O)O)c2cc(COc3ccc(OC(F)(F)F)cc3)ccc2n1. The minimum atomic E-state index is -4.80. The summed E-state index contributed by atoms with van der Waals surface area (Å²) in [6.07, 6.45) is -4.40. The highest BCUT2D eigenvalue weighted by Gasteiger charge is 2.31. The number of pyridine rings is 1. The fourth-order valence-corrected chi connectivity index (χ4v) is 4.09. The van der Waals surface area contributed by atoms with E-state index in [1.807, 2.05) is 0 Å². The Morgan fingerprint density at radius 3 is 2.24 bits per heavy atom. The minimum absolute atomic E-state index is 0.00727. The van der Waals surface area contributed by atoms with E-state index in [0.29, 0.717) is 12.0 Å². The number of hydrogen-bond donors (Lipinski definition) is 3. The number of phenolic OH excluding ortho intramolecular Hbond substituents is 1. The number of aromatic nitrogens is 1.